The van der Waals surface area contributed by atoms with Crippen LogP contribution in [0.4, 0.5) is 10.8 Å². The number of thiazole rings is 1. The van der Waals surface area contributed by atoms with E-state index in [9.17, 15) is 4.79 Å². The highest BCUT2D eigenvalue weighted by Gasteiger charge is 2.30. The Hall–Kier alpha value is -1.86. The van der Waals surface area contributed by atoms with Crippen LogP contribution < -0.4 is 16.0 Å². The highest BCUT2D eigenvalue weighted by molar-refractivity contribution is 7.22. The van der Waals surface area contributed by atoms with Gasteiger partial charge in [0.1, 0.15) is 6.04 Å². The molecule has 1 atom stereocenters. The second-order valence-electron chi connectivity index (χ2n) is 4.62. The van der Waals surface area contributed by atoms with Crippen LogP contribution in [0.1, 0.15) is 0 Å². The first kappa shape index (κ1) is 13.1. The van der Waals surface area contributed by atoms with Crippen molar-refractivity contribution in [2.24, 2.45) is 0 Å². The lowest BCUT2D eigenvalue weighted by molar-refractivity contribution is -0.124. The van der Waals surface area contributed by atoms with E-state index < -0.39 is 0 Å². The fourth-order valence-electron chi connectivity index (χ4n) is 2.27. The quantitative estimate of drug-likeness (QED) is 0.801. The summed E-state index contributed by atoms with van der Waals surface area (Å²) in [5, 5.41) is 3.51. The minimum atomic E-state index is -0.327. The van der Waals surface area contributed by atoms with Crippen LogP contribution in [0.5, 0.6) is 0 Å². The molecule has 1 aromatic carbocycles. The number of carbonyl (C=O) groups excluding carboxylic acids is 1. The largest absolute Gasteiger partial charge is 0.399 e. The molecule has 1 unspecified atom stereocenters. The Bertz CT molecular complexity index is 642. The highest BCUT2D eigenvalue weighted by Crippen LogP contribution is 2.31. The van der Waals surface area contributed by atoms with Gasteiger partial charge in [0.15, 0.2) is 5.13 Å². The second kappa shape index (κ2) is 5.26. The molecule has 1 amide bonds. The van der Waals surface area contributed by atoms with Crippen molar-refractivity contribution < 1.29 is 9.53 Å². The first-order valence-corrected chi connectivity index (χ1v) is 7.23. The van der Waals surface area contributed by atoms with Crippen molar-refractivity contribution >= 4 is 38.3 Å². The Morgan fingerprint density at radius 3 is 3.25 bits per heavy atom. The molecule has 0 aliphatic carbocycles. The molecule has 0 radical (unpaired) electrons. The monoisotopic (exact) mass is 292 g/mol. The summed E-state index contributed by atoms with van der Waals surface area (Å²) in [5.41, 5.74) is 7.41. The van der Waals surface area contributed by atoms with Crippen LogP contribution >= 0.6 is 11.3 Å². The smallest absolute Gasteiger partial charge is 0.244 e. The number of aromatic nitrogens is 1. The van der Waals surface area contributed by atoms with E-state index in [-0.39, 0.29) is 11.9 Å². The van der Waals surface area contributed by atoms with Crippen molar-refractivity contribution in [2.75, 3.05) is 37.4 Å². The molecule has 3 N–H and O–H groups in total. The lowest BCUT2D eigenvalue weighted by atomic mass is 10.2. The lowest BCUT2D eigenvalue weighted by Gasteiger charge is -2.33. The molecular weight excluding hydrogens is 276 g/mol. The number of amides is 1. The zero-order valence-corrected chi connectivity index (χ0v) is 11.9. The average Bonchev–Trinajstić information content (AvgIpc) is 2.89. The van der Waals surface area contributed by atoms with Crippen LogP contribution in [0.15, 0.2) is 18.2 Å². The Labute approximate surface area is 120 Å². The Balaban J connectivity index is 1.97. The van der Waals surface area contributed by atoms with Gasteiger partial charge < -0.3 is 20.7 Å². The number of fused-ring (bicyclic) bond motifs is 1. The zero-order valence-electron chi connectivity index (χ0n) is 11.1. The van der Waals surface area contributed by atoms with E-state index in [0.717, 1.165) is 21.0 Å². The summed E-state index contributed by atoms with van der Waals surface area (Å²) in [4.78, 5) is 18.5. The second-order valence-corrected chi connectivity index (χ2v) is 5.63. The molecule has 106 valence electrons. The van der Waals surface area contributed by atoms with Crippen molar-refractivity contribution in [2.45, 2.75) is 6.04 Å². The number of nitrogen functional groups attached to an aromatic ring is 1. The Morgan fingerprint density at radius 1 is 1.60 bits per heavy atom. The third kappa shape index (κ3) is 2.30. The first-order chi connectivity index (χ1) is 9.69. The van der Waals surface area contributed by atoms with E-state index in [0.29, 0.717) is 19.8 Å². The van der Waals surface area contributed by atoms with E-state index in [1.54, 1.807) is 18.4 Å². The van der Waals surface area contributed by atoms with Crippen LogP contribution in [0.25, 0.3) is 10.2 Å². The van der Waals surface area contributed by atoms with Crippen molar-refractivity contribution in [1.29, 1.82) is 0 Å². The van der Waals surface area contributed by atoms with Crippen LogP contribution in [-0.2, 0) is 9.53 Å². The maximum absolute atomic E-state index is 11.9. The van der Waals surface area contributed by atoms with Gasteiger partial charge in [-0.25, -0.2) is 4.98 Å². The molecule has 6 nitrogen and oxygen atoms in total. The number of hydrogen-bond acceptors (Lipinski definition) is 6. The zero-order chi connectivity index (χ0) is 14.1. The molecule has 0 bridgehead atoms. The summed E-state index contributed by atoms with van der Waals surface area (Å²) in [6.07, 6.45) is 0. The predicted octanol–water partition coefficient (Wildman–Crippen LogP) is 0.830. The topological polar surface area (TPSA) is 80.5 Å². The minimum Gasteiger partial charge on any atom is -0.399 e. The minimum absolute atomic E-state index is 0.0523. The molecule has 2 heterocycles. The molecule has 1 saturated heterocycles. The SMILES string of the molecule is CNC(=O)C1COCCN1c1nc2ccc(N)cc2s1. The summed E-state index contributed by atoms with van der Waals surface area (Å²) < 4.78 is 6.43. The number of anilines is 2. The van der Waals surface area contributed by atoms with Crippen LogP contribution in [0.2, 0.25) is 0 Å². The van der Waals surface area contributed by atoms with Gasteiger partial charge in [0, 0.05) is 19.3 Å². The predicted molar refractivity (Wildman–Crippen MR) is 80.1 cm³/mol. The number of benzene rings is 1. The number of carbonyl (C=O) groups is 1. The van der Waals surface area contributed by atoms with Crippen molar-refractivity contribution in [3.63, 3.8) is 0 Å². The molecule has 1 aliphatic heterocycles. The number of hydrogen-bond donors (Lipinski definition) is 2. The van der Waals surface area contributed by atoms with Gasteiger partial charge in [-0.3, -0.25) is 4.79 Å². The molecule has 20 heavy (non-hydrogen) atoms. The van der Waals surface area contributed by atoms with E-state index >= 15 is 0 Å². The molecular formula is C13H16N4O2S. The fraction of sp³-hybridized carbons (Fsp3) is 0.385. The molecule has 0 saturated carbocycles. The summed E-state index contributed by atoms with van der Waals surface area (Å²) >= 11 is 1.55. The van der Waals surface area contributed by atoms with Gasteiger partial charge in [-0.15, -0.1) is 0 Å². The summed E-state index contributed by atoms with van der Waals surface area (Å²) in [6.45, 7) is 1.65. The summed E-state index contributed by atoms with van der Waals surface area (Å²) in [6, 6.07) is 5.32. The number of ether oxygens (including phenoxy) is 1. The van der Waals surface area contributed by atoms with Gasteiger partial charge in [-0.05, 0) is 18.2 Å². The molecule has 1 aromatic heterocycles. The van der Waals surface area contributed by atoms with Gasteiger partial charge in [0.05, 0.1) is 23.4 Å². The van der Waals surface area contributed by atoms with E-state index in [1.807, 2.05) is 23.1 Å². The third-order valence-corrected chi connectivity index (χ3v) is 4.38. The van der Waals surface area contributed by atoms with Gasteiger partial charge in [-0.2, -0.15) is 0 Å². The molecule has 1 aliphatic rings. The normalized spacial score (nSPS) is 19.2. The maximum atomic E-state index is 11.9. The number of nitrogens with zero attached hydrogens (tertiary/aromatic N) is 2. The third-order valence-electron chi connectivity index (χ3n) is 3.32. The number of nitrogens with two attached hydrogens (primary N) is 1. The number of morpholine rings is 1. The van der Waals surface area contributed by atoms with Crippen LogP contribution in [-0.4, -0.2) is 43.7 Å². The van der Waals surface area contributed by atoms with E-state index in [1.165, 1.54) is 0 Å². The molecule has 7 heteroatoms. The molecule has 0 spiro atoms. The highest BCUT2D eigenvalue weighted by atomic mass is 32.1. The standard InChI is InChI=1S/C13H16N4O2S/c1-15-12(18)10-7-19-5-4-17(10)13-16-9-3-2-8(14)6-11(9)20-13/h2-3,6,10H,4-5,7,14H2,1H3,(H,15,18). The Morgan fingerprint density at radius 2 is 2.45 bits per heavy atom. The number of nitrogens with one attached hydrogen (secondary N) is 1. The van der Waals surface area contributed by atoms with Gasteiger partial charge in [0.2, 0.25) is 5.91 Å². The maximum Gasteiger partial charge on any atom is 0.244 e. The van der Waals surface area contributed by atoms with Crippen molar-refractivity contribution in [3.05, 3.63) is 18.2 Å². The number of likely N-dealkylation sites (N-methyl/N-ethyl adjacent to an activating group) is 1. The van der Waals surface area contributed by atoms with Crippen LogP contribution in [0.3, 0.4) is 0 Å². The van der Waals surface area contributed by atoms with Gasteiger partial charge >= 0.3 is 0 Å². The molecule has 3 rings (SSSR count). The fourth-order valence-corrected chi connectivity index (χ4v) is 3.36. The summed E-state index contributed by atoms with van der Waals surface area (Å²) in [5.74, 6) is -0.0523. The summed E-state index contributed by atoms with van der Waals surface area (Å²) in [7, 11) is 1.63. The molecule has 1 fully saturated rings. The van der Waals surface area contributed by atoms with E-state index in [2.05, 4.69) is 10.3 Å². The lowest BCUT2D eigenvalue weighted by Crippen LogP contribution is -2.53. The van der Waals surface area contributed by atoms with Gasteiger partial charge in [-0.1, -0.05) is 11.3 Å². The van der Waals surface area contributed by atoms with Crippen molar-refractivity contribution in [3.8, 4) is 0 Å². The first-order valence-electron chi connectivity index (χ1n) is 6.41. The average molecular weight is 292 g/mol. The Kier molecular flexibility index (Phi) is 3.45. The van der Waals surface area contributed by atoms with Crippen molar-refractivity contribution in [1.82, 2.24) is 10.3 Å². The number of rotatable bonds is 2. The molecule has 2 aromatic rings. The van der Waals surface area contributed by atoms with Gasteiger partial charge in [0.25, 0.3) is 0 Å². The van der Waals surface area contributed by atoms with Crippen LogP contribution in [0, 0.1) is 0 Å². The van der Waals surface area contributed by atoms with E-state index in [4.69, 9.17) is 10.5 Å².